The minimum atomic E-state index is -0.0229. The number of nitrogens with one attached hydrogen (secondary N) is 1. The van der Waals surface area contributed by atoms with Crippen LogP contribution in [-0.4, -0.2) is 6.04 Å². The third-order valence-electron chi connectivity index (χ3n) is 4.78. The van der Waals surface area contributed by atoms with E-state index in [4.69, 9.17) is 0 Å². The van der Waals surface area contributed by atoms with Crippen LogP contribution in [0.1, 0.15) is 56.2 Å². The van der Waals surface area contributed by atoms with E-state index in [0.717, 1.165) is 24.3 Å². The number of fused-ring (bicyclic) bond motifs is 1. The minimum Gasteiger partial charge on any atom is -0.307 e. The van der Waals surface area contributed by atoms with Gasteiger partial charge in [-0.15, -0.1) is 0 Å². The first-order valence-corrected chi connectivity index (χ1v) is 7.29. The summed E-state index contributed by atoms with van der Waals surface area (Å²) < 4.78 is 13.7. The van der Waals surface area contributed by atoms with Crippen molar-refractivity contribution in [2.24, 2.45) is 5.92 Å². The lowest BCUT2D eigenvalue weighted by Crippen LogP contribution is -2.34. The van der Waals surface area contributed by atoms with Gasteiger partial charge in [0.2, 0.25) is 0 Å². The van der Waals surface area contributed by atoms with Crippen LogP contribution in [0.2, 0.25) is 0 Å². The highest BCUT2D eigenvalue weighted by molar-refractivity contribution is 5.35. The SMILES string of the molecule is C[C@H](NC1CCc2c(F)cccc21)C1CCCC1. The fraction of sp³-hybridized carbons (Fsp3) is 0.625. The number of benzene rings is 1. The molecule has 0 spiro atoms. The van der Waals surface area contributed by atoms with E-state index in [1.165, 1.54) is 31.2 Å². The molecule has 98 valence electrons. The summed E-state index contributed by atoms with van der Waals surface area (Å²) >= 11 is 0. The second-order valence-electron chi connectivity index (χ2n) is 5.90. The number of hydrogen-bond acceptors (Lipinski definition) is 1. The Bertz CT molecular complexity index is 423. The van der Waals surface area contributed by atoms with Crippen molar-refractivity contribution in [1.82, 2.24) is 5.32 Å². The average Bonchev–Trinajstić information content (AvgIpc) is 2.99. The molecule has 0 heterocycles. The fourth-order valence-corrected chi connectivity index (χ4v) is 3.69. The zero-order valence-electron chi connectivity index (χ0n) is 11.1. The van der Waals surface area contributed by atoms with Crippen LogP contribution in [-0.2, 0) is 6.42 Å². The van der Waals surface area contributed by atoms with Gasteiger partial charge in [-0.1, -0.05) is 25.0 Å². The van der Waals surface area contributed by atoms with E-state index in [9.17, 15) is 4.39 Å². The molecule has 18 heavy (non-hydrogen) atoms. The zero-order chi connectivity index (χ0) is 12.5. The highest BCUT2D eigenvalue weighted by Gasteiger charge is 2.28. The molecule has 1 aromatic carbocycles. The van der Waals surface area contributed by atoms with Gasteiger partial charge in [-0.25, -0.2) is 4.39 Å². The van der Waals surface area contributed by atoms with Gasteiger partial charge in [0.05, 0.1) is 0 Å². The molecule has 1 saturated carbocycles. The van der Waals surface area contributed by atoms with Crippen molar-refractivity contribution >= 4 is 0 Å². The van der Waals surface area contributed by atoms with Crippen molar-refractivity contribution in [3.8, 4) is 0 Å². The summed E-state index contributed by atoms with van der Waals surface area (Å²) in [5.74, 6) is 0.799. The Labute approximate surface area is 109 Å². The molecule has 0 radical (unpaired) electrons. The molecule has 0 saturated heterocycles. The topological polar surface area (TPSA) is 12.0 Å². The predicted molar refractivity (Wildman–Crippen MR) is 72.0 cm³/mol. The Hall–Kier alpha value is -0.890. The molecular formula is C16H22FN. The van der Waals surface area contributed by atoms with Gasteiger partial charge < -0.3 is 5.32 Å². The molecule has 2 heteroatoms. The van der Waals surface area contributed by atoms with Crippen LogP contribution < -0.4 is 5.32 Å². The van der Waals surface area contributed by atoms with Crippen LogP contribution >= 0.6 is 0 Å². The molecule has 1 aromatic rings. The Balaban J connectivity index is 1.70. The summed E-state index contributed by atoms with van der Waals surface area (Å²) in [6.45, 7) is 2.30. The maximum Gasteiger partial charge on any atom is 0.126 e. The van der Waals surface area contributed by atoms with Gasteiger partial charge in [-0.3, -0.25) is 0 Å². The van der Waals surface area contributed by atoms with Gasteiger partial charge in [0, 0.05) is 12.1 Å². The van der Waals surface area contributed by atoms with Gasteiger partial charge in [-0.05, 0) is 55.7 Å². The van der Waals surface area contributed by atoms with Crippen LogP contribution in [0.3, 0.4) is 0 Å². The molecule has 1 N–H and O–H groups in total. The van der Waals surface area contributed by atoms with Crippen molar-refractivity contribution in [1.29, 1.82) is 0 Å². The number of hydrogen-bond donors (Lipinski definition) is 1. The molecule has 1 nitrogen and oxygen atoms in total. The molecule has 0 aromatic heterocycles. The molecule has 0 amide bonds. The Morgan fingerprint density at radius 1 is 1.22 bits per heavy atom. The maximum absolute atomic E-state index is 13.7. The lowest BCUT2D eigenvalue weighted by molar-refractivity contribution is 0.342. The maximum atomic E-state index is 13.7. The van der Waals surface area contributed by atoms with Crippen molar-refractivity contribution in [3.05, 3.63) is 35.1 Å². The first-order valence-electron chi connectivity index (χ1n) is 7.29. The van der Waals surface area contributed by atoms with E-state index < -0.39 is 0 Å². The summed E-state index contributed by atoms with van der Waals surface area (Å²) in [7, 11) is 0. The summed E-state index contributed by atoms with van der Waals surface area (Å²) in [6, 6.07) is 6.44. The first kappa shape index (κ1) is 12.2. The van der Waals surface area contributed by atoms with Gasteiger partial charge in [-0.2, -0.15) is 0 Å². The molecule has 0 aliphatic heterocycles. The molecule has 2 atom stereocenters. The largest absolute Gasteiger partial charge is 0.307 e. The van der Waals surface area contributed by atoms with Crippen LogP contribution in [0.4, 0.5) is 4.39 Å². The highest BCUT2D eigenvalue weighted by Crippen LogP contribution is 2.35. The molecule has 1 fully saturated rings. The summed E-state index contributed by atoms with van der Waals surface area (Å²) in [4.78, 5) is 0. The average molecular weight is 247 g/mol. The Morgan fingerprint density at radius 3 is 2.78 bits per heavy atom. The van der Waals surface area contributed by atoms with Crippen LogP contribution in [0.15, 0.2) is 18.2 Å². The van der Waals surface area contributed by atoms with Crippen LogP contribution in [0.25, 0.3) is 0 Å². The molecule has 2 aliphatic carbocycles. The Morgan fingerprint density at radius 2 is 2.00 bits per heavy atom. The van der Waals surface area contributed by atoms with Gasteiger partial charge in [0.1, 0.15) is 5.82 Å². The highest BCUT2D eigenvalue weighted by atomic mass is 19.1. The first-order chi connectivity index (χ1) is 8.75. The van der Waals surface area contributed by atoms with Crippen molar-refractivity contribution < 1.29 is 4.39 Å². The van der Waals surface area contributed by atoms with Gasteiger partial charge in [0.25, 0.3) is 0 Å². The standard InChI is InChI=1S/C16H22FN/c1-11(12-5-2-3-6-12)18-16-10-9-13-14(16)7-4-8-15(13)17/h4,7-8,11-12,16,18H,2-3,5-6,9-10H2,1H3/t11-,16?/m0/s1. The monoisotopic (exact) mass is 247 g/mol. The summed E-state index contributed by atoms with van der Waals surface area (Å²) in [5, 5.41) is 3.74. The lowest BCUT2D eigenvalue weighted by Gasteiger charge is -2.25. The van der Waals surface area contributed by atoms with E-state index in [0.29, 0.717) is 12.1 Å². The van der Waals surface area contributed by atoms with Crippen LogP contribution in [0.5, 0.6) is 0 Å². The molecule has 1 unspecified atom stereocenters. The van der Waals surface area contributed by atoms with E-state index in [1.807, 2.05) is 6.07 Å². The van der Waals surface area contributed by atoms with Crippen LogP contribution in [0, 0.1) is 11.7 Å². The second kappa shape index (κ2) is 5.00. The summed E-state index contributed by atoms with van der Waals surface area (Å²) in [5.41, 5.74) is 2.13. The molecule has 0 bridgehead atoms. The third kappa shape index (κ3) is 2.18. The van der Waals surface area contributed by atoms with E-state index in [1.54, 1.807) is 6.07 Å². The fourth-order valence-electron chi connectivity index (χ4n) is 3.69. The lowest BCUT2D eigenvalue weighted by atomic mass is 9.98. The number of rotatable bonds is 3. The minimum absolute atomic E-state index is 0.0229. The smallest absolute Gasteiger partial charge is 0.126 e. The van der Waals surface area contributed by atoms with Gasteiger partial charge in [0.15, 0.2) is 0 Å². The molecule has 2 aliphatic rings. The Kier molecular flexibility index (Phi) is 3.38. The van der Waals surface area contributed by atoms with E-state index in [-0.39, 0.29) is 5.82 Å². The predicted octanol–water partition coefficient (Wildman–Crippen LogP) is 3.98. The number of halogens is 1. The van der Waals surface area contributed by atoms with Gasteiger partial charge >= 0.3 is 0 Å². The quantitative estimate of drug-likeness (QED) is 0.852. The third-order valence-corrected chi connectivity index (χ3v) is 4.78. The van der Waals surface area contributed by atoms with Crippen molar-refractivity contribution in [2.75, 3.05) is 0 Å². The molecule has 3 rings (SSSR count). The normalized spacial score (nSPS) is 25.3. The van der Waals surface area contributed by atoms with Crippen molar-refractivity contribution in [3.63, 3.8) is 0 Å². The van der Waals surface area contributed by atoms with E-state index >= 15 is 0 Å². The van der Waals surface area contributed by atoms with Crippen molar-refractivity contribution in [2.45, 2.75) is 57.5 Å². The second-order valence-corrected chi connectivity index (χ2v) is 5.90. The van der Waals surface area contributed by atoms with E-state index in [2.05, 4.69) is 18.3 Å². The summed E-state index contributed by atoms with van der Waals surface area (Å²) in [6.07, 6.45) is 7.41. The zero-order valence-corrected chi connectivity index (χ0v) is 11.1. The molecular weight excluding hydrogens is 225 g/mol.